The molecule has 1 aliphatic carbocycles. The van der Waals surface area contributed by atoms with Crippen molar-refractivity contribution in [1.82, 2.24) is 5.43 Å². The van der Waals surface area contributed by atoms with Crippen molar-refractivity contribution in [2.24, 2.45) is 5.84 Å². The van der Waals surface area contributed by atoms with E-state index >= 15 is 0 Å². The molecule has 1 atom stereocenters. The van der Waals surface area contributed by atoms with Crippen LogP contribution in [0.1, 0.15) is 43.7 Å². The molecule has 0 bridgehead atoms. The molecule has 5 heteroatoms. The number of nitrogens with one attached hydrogen (secondary N) is 1. The summed E-state index contributed by atoms with van der Waals surface area (Å²) in [4.78, 5) is 0. The summed E-state index contributed by atoms with van der Waals surface area (Å²) in [5.74, 6) is 5.32. The zero-order valence-corrected chi connectivity index (χ0v) is 11.8. The van der Waals surface area contributed by atoms with E-state index in [1.807, 2.05) is 0 Å². The van der Waals surface area contributed by atoms with E-state index < -0.39 is 5.60 Å². The number of hydrogen-bond acceptors (Lipinski definition) is 3. The lowest BCUT2D eigenvalue weighted by atomic mass is 9.76. The Bertz CT molecular complexity index is 435. The number of methoxy groups -OCH3 is 1. The number of hydrogen-bond donors (Lipinski definition) is 2. The summed E-state index contributed by atoms with van der Waals surface area (Å²) in [7, 11) is 1.67. The molecule has 0 spiro atoms. The summed E-state index contributed by atoms with van der Waals surface area (Å²) < 4.78 is 19.8. The Kier molecular flexibility index (Phi) is 4.79. The molecule has 0 saturated heterocycles. The van der Waals surface area contributed by atoms with E-state index in [1.165, 1.54) is 12.5 Å². The van der Waals surface area contributed by atoms with Gasteiger partial charge in [-0.2, -0.15) is 0 Å². The Morgan fingerprint density at radius 3 is 2.58 bits per heavy atom. The van der Waals surface area contributed by atoms with Gasteiger partial charge in [0, 0.05) is 17.7 Å². The maximum Gasteiger partial charge on any atom is 0.129 e. The molecule has 0 aromatic heterocycles. The number of nitrogens with two attached hydrogens (primary N) is 1. The second kappa shape index (κ2) is 6.18. The van der Waals surface area contributed by atoms with Gasteiger partial charge in [0.1, 0.15) is 5.82 Å². The zero-order chi connectivity index (χ0) is 13.9. The largest absolute Gasteiger partial charge is 0.376 e. The van der Waals surface area contributed by atoms with E-state index in [-0.39, 0.29) is 11.9 Å². The van der Waals surface area contributed by atoms with Crippen molar-refractivity contribution in [2.75, 3.05) is 7.11 Å². The molecule has 3 N–H and O–H groups in total. The van der Waals surface area contributed by atoms with E-state index in [0.29, 0.717) is 10.6 Å². The van der Waals surface area contributed by atoms with Gasteiger partial charge in [-0.15, -0.1) is 0 Å². The Morgan fingerprint density at radius 1 is 1.37 bits per heavy atom. The van der Waals surface area contributed by atoms with Gasteiger partial charge in [-0.3, -0.25) is 5.84 Å². The van der Waals surface area contributed by atoms with Crippen molar-refractivity contribution < 1.29 is 9.13 Å². The molecule has 1 aromatic rings. The lowest BCUT2D eigenvalue weighted by molar-refractivity contribution is -0.0695. The maximum atomic E-state index is 14.1. The molecule has 19 heavy (non-hydrogen) atoms. The summed E-state index contributed by atoms with van der Waals surface area (Å²) in [6.07, 6.45) is 5.08. The maximum absolute atomic E-state index is 14.1. The van der Waals surface area contributed by atoms with Gasteiger partial charge in [0.2, 0.25) is 0 Å². The van der Waals surface area contributed by atoms with Crippen molar-refractivity contribution in [1.29, 1.82) is 0 Å². The highest BCUT2D eigenvalue weighted by molar-refractivity contribution is 6.30. The first kappa shape index (κ1) is 14.7. The van der Waals surface area contributed by atoms with Crippen molar-refractivity contribution >= 4 is 11.6 Å². The number of rotatable bonds is 4. The van der Waals surface area contributed by atoms with E-state index in [9.17, 15) is 4.39 Å². The van der Waals surface area contributed by atoms with Gasteiger partial charge in [0.05, 0.1) is 11.6 Å². The van der Waals surface area contributed by atoms with E-state index in [2.05, 4.69) is 5.43 Å². The minimum absolute atomic E-state index is 0.350. The molecule has 1 aromatic carbocycles. The highest BCUT2D eigenvalue weighted by Crippen LogP contribution is 2.41. The molecule has 0 amide bonds. The van der Waals surface area contributed by atoms with Gasteiger partial charge < -0.3 is 4.74 Å². The SMILES string of the molecule is COC1(C(NN)c2ccc(Cl)cc2F)CCCCC1. The van der Waals surface area contributed by atoms with Crippen LogP contribution >= 0.6 is 11.6 Å². The summed E-state index contributed by atoms with van der Waals surface area (Å²) >= 11 is 5.80. The normalized spacial score (nSPS) is 20.2. The van der Waals surface area contributed by atoms with Crippen molar-refractivity contribution in [2.45, 2.75) is 43.7 Å². The van der Waals surface area contributed by atoms with Crippen LogP contribution in [0.3, 0.4) is 0 Å². The first-order valence-electron chi connectivity index (χ1n) is 6.59. The Hall–Kier alpha value is -0.680. The molecule has 106 valence electrons. The number of halogens is 2. The molecular weight excluding hydrogens is 267 g/mol. The van der Waals surface area contributed by atoms with Gasteiger partial charge in [0.15, 0.2) is 0 Å². The molecule has 1 fully saturated rings. The molecule has 0 radical (unpaired) electrons. The average Bonchev–Trinajstić information content (AvgIpc) is 2.43. The minimum Gasteiger partial charge on any atom is -0.376 e. The first-order valence-corrected chi connectivity index (χ1v) is 6.97. The molecule has 1 aliphatic rings. The van der Waals surface area contributed by atoms with Crippen LogP contribution < -0.4 is 11.3 Å². The monoisotopic (exact) mass is 286 g/mol. The van der Waals surface area contributed by atoms with Crippen LogP contribution in [0.2, 0.25) is 5.02 Å². The highest BCUT2D eigenvalue weighted by Gasteiger charge is 2.41. The van der Waals surface area contributed by atoms with Crippen LogP contribution in [0.25, 0.3) is 0 Å². The van der Waals surface area contributed by atoms with Crippen LogP contribution in [0.4, 0.5) is 4.39 Å². The zero-order valence-electron chi connectivity index (χ0n) is 11.1. The average molecular weight is 287 g/mol. The quantitative estimate of drug-likeness (QED) is 0.659. The lowest BCUT2D eigenvalue weighted by Crippen LogP contribution is -2.49. The van der Waals surface area contributed by atoms with Gasteiger partial charge in [-0.25, -0.2) is 9.82 Å². The standard InChI is InChI=1S/C14H20ClFN2O/c1-19-14(7-3-2-4-8-14)13(18-17)11-6-5-10(15)9-12(11)16/h5-6,9,13,18H,2-4,7-8,17H2,1H3. The Morgan fingerprint density at radius 2 is 2.05 bits per heavy atom. The molecule has 2 rings (SSSR count). The molecule has 3 nitrogen and oxygen atoms in total. The summed E-state index contributed by atoms with van der Waals surface area (Å²) in [6, 6.07) is 4.30. The van der Waals surface area contributed by atoms with Crippen LogP contribution in [-0.4, -0.2) is 12.7 Å². The fourth-order valence-electron chi connectivity index (χ4n) is 3.02. The summed E-state index contributed by atoms with van der Waals surface area (Å²) in [5, 5.41) is 0.382. The van der Waals surface area contributed by atoms with Crippen LogP contribution in [0.5, 0.6) is 0 Å². The highest BCUT2D eigenvalue weighted by atomic mass is 35.5. The predicted octanol–water partition coefficient (Wildman–Crippen LogP) is 3.33. The number of ether oxygens (including phenoxy) is 1. The van der Waals surface area contributed by atoms with Gasteiger partial charge in [0.25, 0.3) is 0 Å². The van der Waals surface area contributed by atoms with Crippen molar-refractivity contribution in [3.8, 4) is 0 Å². The van der Waals surface area contributed by atoms with Gasteiger partial charge >= 0.3 is 0 Å². The van der Waals surface area contributed by atoms with Crippen molar-refractivity contribution in [3.05, 3.63) is 34.6 Å². The molecular formula is C14H20ClFN2O. The van der Waals surface area contributed by atoms with Crippen molar-refractivity contribution in [3.63, 3.8) is 0 Å². The molecule has 0 aliphatic heterocycles. The topological polar surface area (TPSA) is 47.3 Å². The van der Waals surface area contributed by atoms with Crippen LogP contribution in [-0.2, 0) is 4.74 Å². The van der Waals surface area contributed by atoms with E-state index in [4.69, 9.17) is 22.2 Å². The molecule has 1 unspecified atom stereocenters. The predicted molar refractivity (Wildman–Crippen MR) is 74.3 cm³/mol. The van der Waals surface area contributed by atoms with Crippen LogP contribution in [0.15, 0.2) is 18.2 Å². The third-order valence-corrected chi connectivity index (χ3v) is 4.31. The number of hydrazine groups is 1. The Labute approximate surface area is 118 Å². The third-order valence-electron chi connectivity index (χ3n) is 4.07. The lowest BCUT2D eigenvalue weighted by Gasteiger charge is -2.42. The second-order valence-electron chi connectivity index (χ2n) is 5.10. The van der Waals surface area contributed by atoms with Gasteiger partial charge in [-0.1, -0.05) is 36.9 Å². The smallest absolute Gasteiger partial charge is 0.129 e. The molecule has 1 saturated carbocycles. The fraction of sp³-hybridized carbons (Fsp3) is 0.571. The summed E-state index contributed by atoms with van der Waals surface area (Å²) in [5.41, 5.74) is 2.80. The first-order chi connectivity index (χ1) is 9.13. The van der Waals surface area contributed by atoms with E-state index in [0.717, 1.165) is 25.7 Å². The van der Waals surface area contributed by atoms with Gasteiger partial charge in [-0.05, 0) is 25.0 Å². The minimum atomic E-state index is -0.443. The van der Waals surface area contributed by atoms with Crippen LogP contribution in [0, 0.1) is 5.82 Å². The Balaban J connectivity index is 2.36. The van der Waals surface area contributed by atoms with E-state index in [1.54, 1.807) is 19.2 Å². The third kappa shape index (κ3) is 2.92. The fourth-order valence-corrected chi connectivity index (χ4v) is 3.18. The second-order valence-corrected chi connectivity index (χ2v) is 5.53. The number of benzene rings is 1. The molecule has 0 heterocycles. The summed E-state index contributed by atoms with van der Waals surface area (Å²) in [6.45, 7) is 0.